The molecule has 0 radical (unpaired) electrons. The number of hydrogen-bond donors (Lipinski definition) is 2. The first-order valence-corrected chi connectivity index (χ1v) is 8.50. The van der Waals surface area contributed by atoms with Crippen LogP contribution in [0.3, 0.4) is 0 Å². The lowest BCUT2D eigenvalue weighted by Gasteiger charge is -2.22. The number of nitro benzene ring substituents is 1. The number of carbonyl (C=O) groups is 1. The van der Waals surface area contributed by atoms with Crippen LogP contribution in [0.5, 0.6) is 5.75 Å². The van der Waals surface area contributed by atoms with Gasteiger partial charge in [0.15, 0.2) is 0 Å². The zero-order valence-electron chi connectivity index (χ0n) is 14.9. The maximum absolute atomic E-state index is 12.3. The Kier molecular flexibility index (Phi) is 5.03. The largest absolute Gasteiger partial charge is 0.505 e. The van der Waals surface area contributed by atoms with Crippen LogP contribution in [0.15, 0.2) is 54.7 Å². The molecule has 0 spiro atoms. The molecule has 1 heterocycles. The number of nitrogens with one attached hydrogen (secondary N) is 1. The van der Waals surface area contributed by atoms with Crippen LogP contribution in [0.1, 0.15) is 31.0 Å². The molecule has 27 heavy (non-hydrogen) atoms. The number of amides is 1. The fraction of sp³-hybridized carbons (Fsp3) is 0.200. The molecule has 1 amide bonds. The van der Waals surface area contributed by atoms with Crippen LogP contribution in [-0.4, -0.2) is 20.9 Å². The first-order chi connectivity index (χ1) is 12.9. The van der Waals surface area contributed by atoms with Gasteiger partial charge >= 0.3 is 0 Å². The molecule has 0 bridgehead atoms. The molecule has 7 nitrogen and oxygen atoms in total. The summed E-state index contributed by atoms with van der Waals surface area (Å²) < 4.78 is 0. The minimum Gasteiger partial charge on any atom is -0.505 e. The van der Waals surface area contributed by atoms with E-state index < -0.39 is 11.0 Å². The highest BCUT2D eigenvalue weighted by Crippen LogP contribution is 2.35. The number of carbonyl (C=O) groups excluding carboxylic acids is 1. The zero-order valence-corrected chi connectivity index (χ0v) is 14.9. The van der Waals surface area contributed by atoms with Crippen LogP contribution in [0.25, 0.3) is 10.9 Å². The van der Waals surface area contributed by atoms with E-state index in [9.17, 15) is 20.0 Å². The monoisotopic (exact) mass is 365 g/mol. The summed E-state index contributed by atoms with van der Waals surface area (Å²) in [5.41, 5.74) is 1.49. The van der Waals surface area contributed by atoms with Gasteiger partial charge in [-0.3, -0.25) is 19.9 Å². The second-order valence-electron chi connectivity index (χ2n) is 6.52. The van der Waals surface area contributed by atoms with Crippen molar-refractivity contribution in [3.05, 3.63) is 76.0 Å². The van der Waals surface area contributed by atoms with Crippen LogP contribution >= 0.6 is 0 Å². The van der Waals surface area contributed by atoms with E-state index in [1.807, 2.05) is 12.1 Å². The lowest BCUT2D eigenvalue weighted by atomic mass is 9.95. The fourth-order valence-electron chi connectivity index (χ4n) is 2.82. The van der Waals surface area contributed by atoms with Crippen molar-refractivity contribution in [2.24, 2.45) is 5.92 Å². The van der Waals surface area contributed by atoms with Gasteiger partial charge in [0, 0.05) is 35.2 Å². The Morgan fingerprint density at radius 2 is 1.85 bits per heavy atom. The molecule has 3 aromatic rings. The molecule has 0 aliphatic carbocycles. The summed E-state index contributed by atoms with van der Waals surface area (Å²) in [6, 6.07) is 12.4. The van der Waals surface area contributed by atoms with Crippen molar-refractivity contribution in [3.8, 4) is 5.75 Å². The second kappa shape index (κ2) is 7.41. The number of nitrogens with zero attached hydrogens (tertiary/aromatic N) is 2. The summed E-state index contributed by atoms with van der Waals surface area (Å²) in [5, 5.41) is 25.3. The van der Waals surface area contributed by atoms with Gasteiger partial charge in [0.25, 0.3) is 5.69 Å². The van der Waals surface area contributed by atoms with Crippen molar-refractivity contribution in [2.75, 3.05) is 0 Å². The number of aromatic nitrogens is 1. The van der Waals surface area contributed by atoms with Crippen molar-refractivity contribution >= 4 is 22.5 Å². The predicted molar refractivity (Wildman–Crippen MR) is 101 cm³/mol. The van der Waals surface area contributed by atoms with Crippen molar-refractivity contribution in [1.29, 1.82) is 0 Å². The number of phenolic OH excluding ortho intramolecular Hbond substituents is 1. The number of rotatable bonds is 5. The molecular formula is C20H19N3O4. The van der Waals surface area contributed by atoms with E-state index in [-0.39, 0.29) is 23.3 Å². The fourth-order valence-corrected chi connectivity index (χ4v) is 2.82. The molecule has 2 aromatic carbocycles. The minimum absolute atomic E-state index is 0.0273. The summed E-state index contributed by atoms with van der Waals surface area (Å²) in [6.45, 7) is 3.54. The molecule has 7 heteroatoms. The van der Waals surface area contributed by atoms with Gasteiger partial charge in [0.05, 0.1) is 11.0 Å². The second-order valence-corrected chi connectivity index (χ2v) is 6.52. The molecule has 3 rings (SSSR count). The molecule has 1 atom stereocenters. The van der Waals surface area contributed by atoms with Crippen LogP contribution in [0.2, 0.25) is 0 Å². The molecular weight excluding hydrogens is 346 g/mol. The third-order valence-electron chi connectivity index (χ3n) is 4.34. The Hall–Kier alpha value is -3.48. The van der Waals surface area contributed by atoms with E-state index in [0.29, 0.717) is 16.6 Å². The van der Waals surface area contributed by atoms with E-state index >= 15 is 0 Å². The van der Waals surface area contributed by atoms with Gasteiger partial charge in [-0.15, -0.1) is 0 Å². The number of nitro groups is 1. The van der Waals surface area contributed by atoms with Gasteiger partial charge in [-0.05, 0) is 23.8 Å². The third kappa shape index (κ3) is 3.72. The summed E-state index contributed by atoms with van der Waals surface area (Å²) in [6.07, 6.45) is 1.58. The summed E-state index contributed by atoms with van der Waals surface area (Å²) >= 11 is 0. The van der Waals surface area contributed by atoms with Crippen LogP contribution in [0, 0.1) is 16.0 Å². The number of pyridine rings is 1. The first-order valence-electron chi connectivity index (χ1n) is 8.50. The van der Waals surface area contributed by atoms with Gasteiger partial charge in [0.1, 0.15) is 11.3 Å². The van der Waals surface area contributed by atoms with Crippen molar-refractivity contribution in [2.45, 2.75) is 19.9 Å². The van der Waals surface area contributed by atoms with Gasteiger partial charge < -0.3 is 10.4 Å². The summed E-state index contributed by atoms with van der Waals surface area (Å²) in [5.74, 6) is -0.481. The maximum atomic E-state index is 12.3. The van der Waals surface area contributed by atoms with E-state index in [2.05, 4.69) is 10.3 Å². The zero-order chi connectivity index (χ0) is 19.6. The van der Waals surface area contributed by atoms with E-state index in [1.165, 1.54) is 12.1 Å². The number of fused-ring (bicyclic) bond motifs is 1. The maximum Gasteiger partial charge on any atom is 0.269 e. The minimum atomic E-state index is -0.660. The predicted octanol–water partition coefficient (Wildman–Crippen LogP) is 3.71. The molecule has 1 unspecified atom stereocenters. The molecule has 138 valence electrons. The van der Waals surface area contributed by atoms with Crippen molar-refractivity contribution in [1.82, 2.24) is 10.3 Å². The van der Waals surface area contributed by atoms with Crippen molar-refractivity contribution < 1.29 is 14.8 Å². The smallest absolute Gasteiger partial charge is 0.269 e. The number of benzene rings is 2. The highest BCUT2D eigenvalue weighted by Gasteiger charge is 2.23. The van der Waals surface area contributed by atoms with Gasteiger partial charge in [-0.1, -0.05) is 32.0 Å². The van der Waals surface area contributed by atoms with Crippen LogP contribution < -0.4 is 5.32 Å². The van der Waals surface area contributed by atoms with E-state index in [0.717, 1.165) is 5.39 Å². The molecule has 1 aromatic heterocycles. The number of hydrogen-bond acceptors (Lipinski definition) is 5. The SMILES string of the molecule is CC(C)C(=O)NC(c1ccc([N+](=O)[O-])cc1)c1ccc2cccnc2c1O. The standard InChI is InChI=1S/C20H19N3O4/c1-12(2)20(25)22-17(14-5-8-15(9-6-14)23(26)27)16-10-7-13-4-3-11-21-18(13)19(16)24/h3-12,17,24H,1-2H3,(H,22,25). The average Bonchev–Trinajstić information content (AvgIpc) is 2.67. The third-order valence-corrected chi connectivity index (χ3v) is 4.34. The van der Waals surface area contributed by atoms with E-state index in [1.54, 1.807) is 44.3 Å². The first kappa shape index (κ1) is 18.3. The normalized spacial score (nSPS) is 12.1. The van der Waals surface area contributed by atoms with Gasteiger partial charge in [0.2, 0.25) is 5.91 Å². The lowest BCUT2D eigenvalue weighted by molar-refractivity contribution is -0.384. The highest BCUT2D eigenvalue weighted by molar-refractivity contribution is 5.86. The lowest BCUT2D eigenvalue weighted by Crippen LogP contribution is -2.32. The average molecular weight is 365 g/mol. The van der Waals surface area contributed by atoms with Gasteiger partial charge in [-0.2, -0.15) is 0 Å². The number of aromatic hydroxyl groups is 1. The summed E-state index contributed by atoms with van der Waals surface area (Å²) in [7, 11) is 0. The molecule has 0 fully saturated rings. The molecule has 0 aliphatic rings. The number of non-ortho nitro benzene ring substituents is 1. The van der Waals surface area contributed by atoms with Crippen molar-refractivity contribution in [3.63, 3.8) is 0 Å². The molecule has 0 aliphatic heterocycles. The topological polar surface area (TPSA) is 105 Å². The molecule has 2 N–H and O–H groups in total. The summed E-state index contributed by atoms with van der Waals surface area (Å²) in [4.78, 5) is 27.0. The number of phenols is 1. The molecule has 0 saturated heterocycles. The van der Waals surface area contributed by atoms with E-state index in [4.69, 9.17) is 0 Å². The Morgan fingerprint density at radius 3 is 2.48 bits per heavy atom. The Labute approximate surface area is 155 Å². The van der Waals surface area contributed by atoms with Gasteiger partial charge in [-0.25, -0.2) is 0 Å². The Balaban J connectivity index is 2.11. The Bertz CT molecular complexity index is 1000. The van der Waals surface area contributed by atoms with Crippen LogP contribution in [-0.2, 0) is 4.79 Å². The highest BCUT2D eigenvalue weighted by atomic mass is 16.6. The quantitative estimate of drug-likeness (QED) is 0.530. The molecule has 0 saturated carbocycles. The Morgan fingerprint density at radius 1 is 1.15 bits per heavy atom. The van der Waals surface area contributed by atoms with Crippen LogP contribution in [0.4, 0.5) is 5.69 Å².